The summed E-state index contributed by atoms with van der Waals surface area (Å²) >= 11 is 6.03. The second kappa shape index (κ2) is 8.65. The van der Waals surface area contributed by atoms with Gasteiger partial charge in [0.05, 0.1) is 15.6 Å². The van der Waals surface area contributed by atoms with Crippen molar-refractivity contribution in [3.8, 4) is 17.2 Å². The maximum Gasteiger partial charge on any atom is 0.261 e. The standard InChI is InChI=1S/C23H20ClNO4S/c1-4-19-20(5-2)23(26)21(24)14-22(19)25-30(27,28)18-12-10-17(11-13-18)29-16-8-6-15(3)7-9-16/h4-14,25-26H,1-2H2,3H3. The van der Waals surface area contributed by atoms with Crippen molar-refractivity contribution >= 4 is 39.5 Å². The van der Waals surface area contributed by atoms with Crippen LogP contribution >= 0.6 is 11.6 Å². The van der Waals surface area contributed by atoms with Crippen molar-refractivity contribution in [3.63, 3.8) is 0 Å². The Morgan fingerprint density at radius 2 is 1.50 bits per heavy atom. The summed E-state index contributed by atoms with van der Waals surface area (Å²) in [6.45, 7) is 9.29. The fourth-order valence-corrected chi connectivity index (χ4v) is 4.10. The molecular weight excluding hydrogens is 422 g/mol. The average Bonchev–Trinajstić information content (AvgIpc) is 2.72. The lowest BCUT2D eigenvalue weighted by Gasteiger charge is -2.15. The van der Waals surface area contributed by atoms with Gasteiger partial charge in [0.2, 0.25) is 0 Å². The average molecular weight is 442 g/mol. The predicted molar refractivity (Wildman–Crippen MR) is 122 cm³/mol. The van der Waals surface area contributed by atoms with Gasteiger partial charge >= 0.3 is 0 Å². The van der Waals surface area contributed by atoms with Crippen LogP contribution in [-0.4, -0.2) is 13.5 Å². The zero-order valence-electron chi connectivity index (χ0n) is 16.2. The number of benzene rings is 3. The second-order valence-electron chi connectivity index (χ2n) is 6.48. The van der Waals surface area contributed by atoms with Crippen molar-refractivity contribution in [1.29, 1.82) is 0 Å². The van der Waals surface area contributed by atoms with Crippen molar-refractivity contribution in [3.05, 3.63) is 89.5 Å². The first-order valence-electron chi connectivity index (χ1n) is 8.93. The third kappa shape index (κ3) is 4.50. The molecule has 0 saturated carbocycles. The van der Waals surface area contributed by atoms with Crippen molar-refractivity contribution < 1.29 is 18.3 Å². The van der Waals surface area contributed by atoms with Crippen LogP contribution < -0.4 is 9.46 Å². The Kier molecular flexibility index (Phi) is 6.20. The van der Waals surface area contributed by atoms with Crippen LogP contribution in [0.25, 0.3) is 12.2 Å². The van der Waals surface area contributed by atoms with Gasteiger partial charge in [0.15, 0.2) is 0 Å². The Morgan fingerprint density at radius 3 is 2.03 bits per heavy atom. The summed E-state index contributed by atoms with van der Waals surface area (Å²) in [5.74, 6) is 0.967. The molecule has 5 nitrogen and oxygen atoms in total. The Bertz CT molecular complexity index is 1200. The molecule has 0 aliphatic rings. The highest BCUT2D eigenvalue weighted by Gasteiger charge is 2.19. The number of ether oxygens (including phenoxy) is 1. The molecule has 0 bridgehead atoms. The van der Waals surface area contributed by atoms with Crippen LogP contribution in [0, 0.1) is 6.92 Å². The minimum absolute atomic E-state index is 0.00459. The summed E-state index contributed by atoms with van der Waals surface area (Å²) in [6.07, 6.45) is 2.80. The van der Waals surface area contributed by atoms with Gasteiger partial charge in [-0.1, -0.05) is 54.6 Å². The number of hydrogen-bond donors (Lipinski definition) is 2. The van der Waals surface area contributed by atoms with E-state index >= 15 is 0 Å². The molecule has 0 saturated heterocycles. The van der Waals surface area contributed by atoms with Gasteiger partial charge in [-0.25, -0.2) is 8.42 Å². The number of hydrogen-bond acceptors (Lipinski definition) is 4. The van der Waals surface area contributed by atoms with Gasteiger partial charge in [-0.3, -0.25) is 4.72 Å². The quantitative estimate of drug-likeness (QED) is 0.426. The molecule has 0 aromatic heterocycles. The van der Waals surface area contributed by atoms with Gasteiger partial charge in [0, 0.05) is 11.1 Å². The molecule has 0 spiro atoms. The molecule has 30 heavy (non-hydrogen) atoms. The van der Waals surface area contributed by atoms with Crippen LogP contribution in [0.1, 0.15) is 16.7 Å². The van der Waals surface area contributed by atoms with E-state index in [-0.39, 0.29) is 26.9 Å². The Labute approximate surface area is 181 Å². The van der Waals surface area contributed by atoms with Crippen LogP contribution in [0.5, 0.6) is 17.2 Å². The van der Waals surface area contributed by atoms with E-state index in [0.29, 0.717) is 17.1 Å². The number of aromatic hydroxyl groups is 1. The summed E-state index contributed by atoms with van der Waals surface area (Å²) in [6, 6.07) is 14.9. The van der Waals surface area contributed by atoms with Crippen molar-refractivity contribution in [2.75, 3.05) is 4.72 Å². The first-order chi connectivity index (χ1) is 14.2. The molecule has 0 aliphatic heterocycles. The SMILES string of the molecule is C=Cc1c(NS(=O)(=O)c2ccc(Oc3ccc(C)cc3)cc2)cc(Cl)c(O)c1C=C. The molecule has 0 atom stereocenters. The van der Waals surface area contributed by atoms with E-state index in [4.69, 9.17) is 16.3 Å². The van der Waals surface area contributed by atoms with Crippen molar-refractivity contribution in [1.82, 2.24) is 0 Å². The van der Waals surface area contributed by atoms with Crippen LogP contribution in [0.2, 0.25) is 5.02 Å². The van der Waals surface area contributed by atoms with E-state index in [0.717, 1.165) is 5.56 Å². The molecule has 3 aromatic rings. The number of rotatable bonds is 7. The number of sulfonamides is 1. The molecule has 0 heterocycles. The largest absolute Gasteiger partial charge is 0.506 e. The van der Waals surface area contributed by atoms with E-state index in [2.05, 4.69) is 17.9 Å². The Hall–Kier alpha value is -3.22. The summed E-state index contributed by atoms with van der Waals surface area (Å²) in [5, 5.41) is 10.1. The van der Waals surface area contributed by atoms with E-state index in [1.807, 2.05) is 31.2 Å². The van der Waals surface area contributed by atoms with Crippen LogP contribution in [0.3, 0.4) is 0 Å². The van der Waals surface area contributed by atoms with Gasteiger partial charge in [-0.15, -0.1) is 0 Å². The zero-order valence-corrected chi connectivity index (χ0v) is 17.8. The molecule has 0 amide bonds. The minimum Gasteiger partial charge on any atom is -0.506 e. The second-order valence-corrected chi connectivity index (χ2v) is 8.57. The van der Waals surface area contributed by atoms with Gasteiger partial charge in [-0.05, 0) is 49.4 Å². The van der Waals surface area contributed by atoms with Crippen molar-refractivity contribution in [2.45, 2.75) is 11.8 Å². The third-order valence-electron chi connectivity index (χ3n) is 4.38. The lowest BCUT2D eigenvalue weighted by molar-refractivity contribution is 0.474. The highest BCUT2D eigenvalue weighted by atomic mass is 35.5. The van der Waals surface area contributed by atoms with Crippen LogP contribution in [0.4, 0.5) is 5.69 Å². The molecular formula is C23H20ClNO4S. The highest BCUT2D eigenvalue weighted by molar-refractivity contribution is 7.92. The first kappa shape index (κ1) is 21.5. The number of phenols is 1. The predicted octanol–water partition coefficient (Wildman–Crippen LogP) is 6.23. The van der Waals surface area contributed by atoms with E-state index in [9.17, 15) is 13.5 Å². The topological polar surface area (TPSA) is 75.6 Å². The fraction of sp³-hybridized carbons (Fsp3) is 0.0435. The van der Waals surface area contributed by atoms with Gasteiger partial charge in [0.1, 0.15) is 17.2 Å². The van der Waals surface area contributed by atoms with Gasteiger partial charge < -0.3 is 9.84 Å². The molecule has 2 N–H and O–H groups in total. The molecule has 0 fully saturated rings. The molecule has 3 rings (SSSR count). The summed E-state index contributed by atoms with van der Waals surface area (Å²) in [5.41, 5.74) is 1.96. The lowest BCUT2D eigenvalue weighted by Crippen LogP contribution is -2.14. The van der Waals surface area contributed by atoms with Gasteiger partial charge in [0.25, 0.3) is 10.0 Å². The number of aryl methyl sites for hydroxylation is 1. The number of phenolic OH excluding ortho intramolecular Hbond substituents is 1. The molecule has 3 aromatic carbocycles. The Balaban J connectivity index is 1.87. The lowest BCUT2D eigenvalue weighted by atomic mass is 10.0. The summed E-state index contributed by atoms with van der Waals surface area (Å²) in [7, 11) is -3.92. The van der Waals surface area contributed by atoms with Crippen LogP contribution in [0.15, 0.2) is 72.7 Å². The third-order valence-corrected chi connectivity index (χ3v) is 6.05. The maximum absolute atomic E-state index is 12.9. The highest BCUT2D eigenvalue weighted by Crippen LogP contribution is 2.38. The van der Waals surface area contributed by atoms with E-state index < -0.39 is 10.0 Å². The first-order valence-corrected chi connectivity index (χ1v) is 10.8. The van der Waals surface area contributed by atoms with Crippen molar-refractivity contribution in [2.24, 2.45) is 0 Å². The molecule has 7 heteroatoms. The van der Waals surface area contributed by atoms with E-state index in [1.54, 1.807) is 12.1 Å². The van der Waals surface area contributed by atoms with E-state index in [1.165, 1.54) is 30.4 Å². The fourth-order valence-electron chi connectivity index (χ4n) is 2.82. The minimum atomic E-state index is -3.92. The molecule has 154 valence electrons. The Morgan fingerprint density at radius 1 is 0.967 bits per heavy atom. The number of anilines is 1. The van der Waals surface area contributed by atoms with Gasteiger partial charge in [-0.2, -0.15) is 0 Å². The molecule has 0 aliphatic carbocycles. The molecule has 0 radical (unpaired) electrons. The van der Waals surface area contributed by atoms with Crippen LogP contribution in [-0.2, 0) is 10.0 Å². The molecule has 0 unspecified atom stereocenters. The zero-order chi connectivity index (χ0) is 21.9. The summed E-state index contributed by atoms with van der Waals surface area (Å²) in [4.78, 5) is 0.0399. The smallest absolute Gasteiger partial charge is 0.261 e. The monoisotopic (exact) mass is 441 g/mol. The maximum atomic E-state index is 12.9. The number of halogens is 1. The number of nitrogens with one attached hydrogen (secondary N) is 1. The normalized spacial score (nSPS) is 11.0. The summed E-state index contributed by atoms with van der Waals surface area (Å²) < 4.78 is 33.9.